The Morgan fingerprint density at radius 3 is 2.77 bits per heavy atom. The number of benzene rings is 1. The van der Waals surface area contributed by atoms with Crippen LogP contribution in [-0.4, -0.2) is 33.2 Å². The zero-order valence-corrected chi connectivity index (χ0v) is 12.8. The van der Waals surface area contributed by atoms with Gasteiger partial charge in [0.05, 0.1) is 17.2 Å². The average Bonchev–Trinajstić information content (AvgIpc) is 2.49. The van der Waals surface area contributed by atoms with E-state index in [1.807, 2.05) is 19.9 Å². The van der Waals surface area contributed by atoms with Gasteiger partial charge in [0, 0.05) is 12.6 Å². The first-order valence-corrected chi connectivity index (χ1v) is 7.37. The molecule has 0 saturated carbocycles. The number of hydrogen-bond donors (Lipinski definition) is 2. The van der Waals surface area contributed by atoms with E-state index in [2.05, 4.69) is 10.3 Å². The van der Waals surface area contributed by atoms with Gasteiger partial charge in [-0.05, 0) is 24.5 Å². The third kappa shape index (κ3) is 3.71. The summed E-state index contributed by atoms with van der Waals surface area (Å²) < 4.78 is 1.41. The highest BCUT2D eigenvalue weighted by Gasteiger charge is 2.16. The molecular weight excluding hydrogens is 282 g/mol. The van der Waals surface area contributed by atoms with E-state index in [0.717, 1.165) is 0 Å². The van der Waals surface area contributed by atoms with Crippen LogP contribution in [0.3, 0.4) is 0 Å². The van der Waals surface area contributed by atoms with Gasteiger partial charge in [-0.1, -0.05) is 26.0 Å². The zero-order valence-electron chi connectivity index (χ0n) is 12.8. The lowest BCUT2D eigenvalue weighted by molar-refractivity contribution is -0.122. The fourth-order valence-electron chi connectivity index (χ4n) is 2.39. The van der Waals surface area contributed by atoms with Gasteiger partial charge in [-0.25, -0.2) is 4.98 Å². The highest BCUT2D eigenvalue weighted by molar-refractivity contribution is 5.80. The molecule has 0 aliphatic heterocycles. The van der Waals surface area contributed by atoms with Crippen molar-refractivity contribution in [3.8, 4) is 0 Å². The minimum atomic E-state index is -0.308. The summed E-state index contributed by atoms with van der Waals surface area (Å²) in [5.41, 5.74) is 0.996. The molecule has 0 saturated heterocycles. The molecule has 1 aromatic carbocycles. The third-order valence-electron chi connectivity index (χ3n) is 3.65. The molecule has 2 rings (SSSR count). The van der Waals surface area contributed by atoms with Crippen LogP contribution in [0.1, 0.15) is 20.3 Å². The van der Waals surface area contributed by atoms with Crippen molar-refractivity contribution in [2.24, 2.45) is 5.92 Å². The molecule has 1 amide bonds. The summed E-state index contributed by atoms with van der Waals surface area (Å²) in [5, 5.41) is 11.9. The first kappa shape index (κ1) is 16.2. The molecule has 0 spiro atoms. The molecule has 118 valence electrons. The van der Waals surface area contributed by atoms with Crippen molar-refractivity contribution in [2.75, 3.05) is 6.61 Å². The lowest BCUT2D eigenvalue weighted by Crippen LogP contribution is -2.42. The van der Waals surface area contributed by atoms with Crippen LogP contribution in [0.4, 0.5) is 0 Å². The second kappa shape index (κ2) is 7.17. The molecular formula is C16H21N3O3. The Balaban J connectivity index is 2.21. The summed E-state index contributed by atoms with van der Waals surface area (Å²) in [5.74, 6) is -0.0346. The SMILES string of the molecule is CC(C)C(CCO)NC(=O)Cn1c(=O)cnc2ccccc21. The van der Waals surface area contributed by atoms with Gasteiger partial charge in [-0.2, -0.15) is 0 Å². The number of nitrogens with zero attached hydrogens (tertiary/aromatic N) is 2. The second-order valence-electron chi connectivity index (χ2n) is 5.60. The number of hydrogen-bond acceptors (Lipinski definition) is 4. The van der Waals surface area contributed by atoms with Gasteiger partial charge in [-0.3, -0.25) is 14.2 Å². The highest BCUT2D eigenvalue weighted by Crippen LogP contribution is 2.09. The molecule has 0 aliphatic carbocycles. The number of carbonyl (C=O) groups is 1. The van der Waals surface area contributed by atoms with Crippen LogP contribution in [0.2, 0.25) is 0 Å². The summed E-state index contributed by atoms with van der Waals surface area (Å²) in [4.78, 5) is 28.3. The molecule has 6 nitrogen and oxygen atoms in total. The van der Waals surface area contributed by atoms with Crippen molar-refractivity contribution in [3.63, 3.8) is 0 Å². The lowest BCUT2D eigenvalue weighted by Gasteiger charge is -2.22. The van der Waals surface area contributed by atoms with Crippen molar-refractivity contribution >= 4 is 16.9 Å². The summed E-state index contributed by atoms with van der Waals surface area (Å²) >= 11 is 0. The maximum absolute atomic E-state index is 12.2. The van der Waals surface area contributed by atoms with E-state index in [1.165, 1.54) is 10.8 Å². The van der Waals surface area contributed by atoms with Crippen LogP contribution in [-0.2, 0) is 11.3 Å². The Labute approximate surface area is 128 Å². The number of nitrogens with one attached hydrogen (secondary N) is 1. The number of fused-ring (bicyclic) bond motifs is 1. The van der Waals surface area contributed by atoms with Gasteiger partial charge >= 0.3 is 0 Å². The standard InChI is InChI=1S/C16H21N3O3/c1-11(2)12(7-8-20)18-15(21)10-19-14-6-4-3-5-13(14)17-9-16(19)22/h3-6,9,11-12,20H,7-8,10H2,1-2H3,(H,18,21). The van der Waals surface area contributed by atoms with E-state index in [9.17, 15) is 9.59 Å². The van der Waals surface area contributed by atoms with Crippen molar-refractivity contribution in [2.45, 2.75) is 32.9 Å². The first-order chi connectivity index (χ1) is 10.5. The zero-order chi connectivity index (χ0) is 16.1. The topological polar surface area (TPSA) is 84.2 Å². The number of amides is 1. The van der Waals surface area contributed by atoms with Gasteiger partial charge in [0.25, 0.3) is 5.56 Å². The number of para-hydroxylation sites is 2. The minimum Gasteiger partial charge on any atom is -0.396 e. The van der Waals surface area contributed by atoms with Gasteiger partial charge in [-0.15, -0.1) is 0 Å². The van der Waals surface area contributed by atoms with E-state index < -0.39 is 0 Å². The quantitative estimate of drug-likeness (QED) is 0.831. The van der Waals surface area contributed by atoms with Gasteiger partial charge < -0.3 is 10.4 Å². The largest absolute Gasteiger partial charge is 0.396 e. The molecule has 0 radical (unpaired) electrons. The van der Waals surface area contributed by atoms with Crippen molar-refractivity contribution in [1.29, 1.82) is 0 Å². The van der Waals surface area contributed by atoms with E-state index in [1.54, 1.807) is 18.2 Å². The van der Waals surface area contributed by atoms with Crippen LogP contribution in [0.5, 0.6) is 0 Å². The molecule has 1 aromatic heterocycles. The molecule has 2 aromatic rings. The fraction of sp³-hybridized carbons (Fsp3) is 0.438. The summed E-state index contributed by atoms with van der Waals surface area (Å²) in [6, 6.07) is 7.10. The Bertz CT molecular complexity index is 709. The Kier molecular flexibility index (Phi) is 5.27. The monoisotopic (exact) mass is 303 g/mol. The molecule has 0 fully saturated rings. The maximum atomic E-state index is 12.2. The fourth-order valence-corrected chi connectivity index (χ4v) is 2.39. The summed E-state index contributed by atoms with van der Waals surface area (Å²) in [6.45, 7) is 3.92. The average molecular weight is 303 g/mol. The molecule has 1 unspecified atom stereocenters. The number of aliphatic hydroxyl groups excluding tert-OH is 1. The number of aromatic nitrogens is 2. The number of rotatable bonds is 6. The van der Waals surface area contributed by atoms with Gasteiger partial charge in [0.1, 0.15) is 6.54 Å². The molecule has 6 heteroatoms. The molecule has 1 atom stereocenters. The van der Waals surface area contributed by atoms with Crippen molar-refractivity contribution in [3.05, 3.63) is 40.8 Å². The van der Waals surface area contributed by atoms with E-state index in [4.69, 9.17) is 5.11 Å². The van der Waals surface area contributed by atoms with Crippen LogP contribution < -0.4 is 10.9 Å². The van der Waals surface area contributed by atoms with Crippen molar-refractivity contribution in [1.82, 2.24) is 14.9 Å². The van der Waals surface area contributed by atoms with E-state index in [-0.39, 0.29) is 36.6 Å². The minimum absolute atomic E-state index is 0.0151. The first-order valence-electron chi connectivity index (χ1n) is 7.37. The number of carbonyl (C=O) groups excluding carboxylic acids is 1. The predicted molar refractivity (Wildman–Crippen MR) is 84.5 cm³/mol. The van der Waals surface area contributed by atoms with E-state index in [0.29, 0.717) is 17.5 Å². The van der Waals surface area contributed by atoms with Crippen LogP contribution >= 0.6 is 0 Å². The predicted octanol–water partition coefficient (Wildman–Crippen LogP) is 0.920. The van der Waals surface area contributed by atoms with Crippen molar-refractivity contribution < 1.29 is 9.90 Å². The Morgan fingerprint density at radius 1 is 1.36 bits per heavy atom. The molecule has 0 bridgehead atoms. The third-order valence-corrected chi connectivity index (χ3v) is 3.65. The highest BCUT2D eigenvalue weighted by atomic mass is 16.3. The number of aliphatic hydroxyl groups is 1. The smallest absolute Gasteiger partial charge is 0.269 e. The van der Waals surface area contributed by atoms with Gasteiger partial charge in [0.15, 0.2) is 0 Å². The second-order valence-corrected chi connectivity index (χ2v) is 5.60. The summed E-state index contributed by atoms with van der Waals surface area (Å²) in [7, 11) is 0. The summed E-state index contributed by atoms with van der Waals surface area (Å²) in [6.07, 6.45) is 1.72. The Morgan fingerprint density at radius 2 is 2.09 bits per heavy atom. The normalized spacial score (nSPS) is 12.5. The molecule has 2 N–H and O–H groups in total. The maximum Gasteiger partial charge on any atom is 0.269 e. The van der Waals surface area contributed by atoms with Crippen LogP contribution in [0.15, 0.2) is 35.3 Å². The van der Waals surface area contributed by atoms with E-state index >= 15 is 0 Å². The van der Waals surface area contributed by atoms with Gasteiger partial charge in [0.2, 0.25) is 5.91 Å². The van der Waals surface area contributed by atoms with Crippen LogP contribution in [0.25, 0.3) is 11.0 Å². The van der Waals surface area contributed by atoms with Crippen LogP contribution in [0, 0.1) is 5.92 Å². The molecule has 22 heavy (non-hydrogen) atoms. The lowest BCUT2D eigenvalue weighted by atomic mass is 10.0. The molecule has 0 aliphatic rings. The molecule has 1 heterocycles. The Hall–Kier alpha value is -2.21.